The summed E-state index contributed by atoms with van der Waals surface area (Å²) in [6.07, 6.45) is 7.63. The minimum atomic E-state index is 1.01. The first kappa shape index (κ1) is 5.65. The SMILES string of the molecule is C1=C(c2cn[nH]n2)CCC1. The minimum Gasteiger partial charge on any atom is -0.197 e. The van der Waals surface area contributed by atoms with Gasteiger partial charge in [0.2, 0.25) is 0 Å². The number of nitrogens with zero attached hydrogens (tertiary/aromatic N) is 2. The van der Waals surface area contributed by atoms with Crippen LogP contribution in [0.5, 0.6) is 0 Å². The van der Waals surface area contributed by atoms with Gasteiger partial charge in [-0.2, -0.15) is 15.4 Å². The van der Waals surface area contributed by atoms with Crippen LogP contribution in [-0.4, -0.2) is 15.4 Å². The number of hydrogen-bond donors (Lipinski definition) is 1. The van der Waals surface area contributed by atoms with Crippen LogP contribution in [0.2, 0.25) is 0 Å². The maximum atomic E-state index is 3.99. The molecule has 0 saturated carbocycles. The highest BCUT2D eigenvalue weighted by Crippen LogP contribution is 2.24. The zero-order valence-corrected chi connectivity index (χ0v) is 5.67. The molecule has 2 rings (SSSR count). The van der Waals surface area contributed by atoms with E-state index in [1.165, 1.54) is 18.4 Å². The predicted octanol–water partition coefficient (Wildman–Crippen LogP) is 1.37. The van der Waals surface area contributed by atoms with Crippen LogP contribution >= 0.6 is 0 Å². The Morgan fingerprint density at radius 3 is 3.10 bits per heavy atom. The third kappa shape index (κ3) is 0.835. The third-order valence-corrected chi connectivity index (χ3v) is 1.78. The second-order valence-corrected chi connectivity index (χ2v) is 2.48. The lowest BCUT2D eigenvalue weighted by Gasteiger charge is -1.90. The Kier molecular flexibility index (Phi) is 1.27. The van der Waals surface area contributed by atoms with Gasteiger partial charge in [-0.05, 0) is 24.8 Å². The van der Waals surface area contributed by atoms with E-state index in [-0.39, 0.29) is 0 Å². The fraction of sp³-hybridized carbons (Fsp3) is 0.429. The van der Waals surface area contributed by atoms with Crippen molar-refractivity contribution in [1.82, 2.24) is 15.4 Å². The maximum absolute atomic E-state index is 3.99. The molecule has 0 amide bonds. The van der Waals surface area contributed by atoms with Crippen molar-refractivity contribution in [3.63, 3.8) is 0 Å². The lowest BCUT2D eigenvalue weighted by atomic mass is 10.2. The van der Waals surface area contributed by atoms with Gasteiger partial charge in [0, 0.05) is 0 Å². The van der Waals surface area contributed by atoms with E-state index in [0.29, 0.717) is 0 Å². The Morgan fingerprint density at radius 2 is 2.50 bits per heavy atom. The van der Waals surface area contributed by atoms with E-state index >= 15 is 0 Å². The fourth-order valence-electron chi connectivity index (χ4n) is 1.26. The van der Waals surface area contributed by atoms with Crippen molar-refractivity contribution in [2.75, 3.05) is 0 Å². The van der Waals surface area contributed by atoms with Crippen LogP contribution < -0.4 is 0 Å². The largest absolute Gasteiger partial charge is 0.197 e. The van der Waals surface area contributed by atoms with E-state index in [1.807, 2.05) is 0 Å². The summed E-state index contributed by atoms with van der Waals surface area (Å²) in [4.78, 5) is 0. The summed E-state index contributed by atoms with van der Waals surface area (Å²) in [7, 11) is 0. The highest BCUT2D eigenvalue weighted by molar-refractivity contribution is 5.63. The van der Waals surface area contributed by atoms with Crippen molar-refractivity contribution in [1.29, 1.82) is 0 Å². The summed E-state index contributed by atoms with van der Waals surface area (Å²) in [5.41, 5.74) is 2.35. The smallest absolute Gasteiger partial charge is 0.108 e. The van der Waals surface area contributed by atoms with Crippen molar-refractivity contribution in [2.45, 2.75) is 19.3 Å². The van der Waals surface area contributed by atoms with E-state index in [2.05, 4.69) is 21.5 Å². The topological polar surface area (TPSA) is 41.6 Å². The summed E-state index contributed by atoms with van der Waals surface area (Å²) in [6.45, 7) is 0. The van der Waals surface area contributed by atoms with Gasteiger partial charge in [0.1, 0.15) is 5.69 Å². The van der Waals surface area contributed by atoms with Crippen LogP contribution in [-0.2, 0) is 0 Å². The van der Waals surface area contributed by atoms with Crippen LogP contribution in [0.25, 0.3) is 5.57 Å². The van der Waals surface area contributed by atoms with Crippen molar-refractivity contribution >= 4 is 5.57 Å². The Balaban J connectivity index is 2.28. The Hall–Kier alpha value is -1.12. The third-order valence-electron chi connectivity index (χ3n) is 1.78. The van der Waals surface area contributed by atoms with Crippen LogP contribution in [0.1, 0.15) is 25.0 Å². The molecular weight excluding hydrogens is 126 g/mol. The molecule has 0 atom stereocenters. The Labute approximate surface area is 59.1 Å². The molecule has 3 nitrogen and oxygen atoms in total. The van der Waals surface area contributed by atoms with E-state index in [1.54, 1.807) is 6.20 Å². The Bertz CT molecular complexity index is 235. The van der Waals surface area contributed by atoms with E-state index < -0.39 is 0 Å². The van der Waals surface area contributed by atoms with Crippen molar-refractivity contribution < 1.29 is 0 Å². The van der Waals surface area contributed by atoms with Gasteiger partial charge in [0.15, 0.2) is 0 Å². The standard InChI is InChI=1S/C7H9N3/c1-2-4-6(3-1)7-5-8-10-9-7/h3,5H,1-2,4H2,(H,8,9,10). The first-order valence-corrected chi connectivity index (χ1v) is 3.52. The quantitative estimate of drug-likeness (QED) is 0.631. The first-order chi connectivity index (χ1) is 4.97. The number of aromatic amines is 1. The van der Waals surface area contributed by atoms with Gasteiger partial charge in [-0.3, -0.25) is 0 Å². The van der Waals surface area contributed by atoms with Crippen LogP contribution in [0.4, 0.5) is 0 Å². The Morgan fingerprint density at radius 1 is 1.50 bits per heavy atom. The van der Waals surface area contributed by atoms with Crippen molar-refractivity contribution in [3.8, 4) is 0 Å². The molecule has 10 heavy (non-hydrogen) atoms. The molecule has 0 bridgehead atoms. The number of H-pyrrole nitrogens is 1. The average Bonchev–Trinajstić information content (AvgIpc) is 2.59. The monoisotopic (exact) mass is 135 g/mol. The van der Waals surface area contributed by atoms with Gasteiger partial charge in [-0.25, -0.2) is 0 Å². The molecule has 0 aromatic carbocycles. The zero-order chi connectivity index (χ0) is 6.81. The molecule has 1 aromatic heterocycles. The van der Waals surface area contributed by atoms with Gasteiger partial charge < -0.3 is 0 Å². The van der Waals surface area contributed by atoms with Crippen LogP contribution in [0.15, 0.2) is 12.3 Å². The fourth-order valence-corrected chi connectivity index (χ4v) is 1.26. The average molecular weight is 135 g/mol. The highest BCUT2D eigenvalue weighted by Gasteiger charge is 2.08. The van der Waals surface area contributed by atoms with Gasteiger partial charge in [0.25, 0.3) is 0 Å². The van der Waals surface area contributed by atoms with Crippen LogP contribution in [0.3, 0.4) is 0 Å². The summed E-state index contributed by atoms with van der Waals surface area (Å²) in [5.74, 6) is 0. The van der Waals surface area contributed by atoms with Gasteiger partial charge >= 0.3 is 0 Å². The lowest BCUT2D eigenvalue weighted by Crippen LogP contribution is -1.79. The molecule has 0 fully saturated rings. The maximum Gasteiger partial charge on any atom is 0.108 e. The molecule has 1 N–H and O–H groups in total. The molecular formula is C7H9N3. The zero-order valence-electron chi connectivity index (χ0n) is 5.67. The molecule has 3 heteroatoms. The summed E-state index contributed by atoms with van der Waals surface area (Å²) in [6, 6.07) is 0. The molecule has 0 spiro atoms. The summed E-state index contributed by atoms with van der Waals surface area (Å²) >= 11 is 0. The van der Waals surface area contributed by atoms with Gasteiger partial charge in [0.05, 0.1) is 6.20 Å². The van der Waals surface area contributed by atoms with E-state index in [0.717, 1.165) is 12.1 Å². The second kappa shape index (κ2) is 2.25. The predicted molar refractivity (Wildman–Crippen MR) is 38.2 cm³/mol. The minimum absolute atomic E-state index is 1.01. The molecule has 52 valence electrons. The number of nitrogens with one attached hydrogen (secondary N) is 1. The number of allylic oxidation sites excluding steroid dienone is 2. The molecule has 0 saturated heterocycles. The molecule has 0 aliphatic heterocycles. The summed E-state index contributed by atoms with van der Waals surface area (Å²) < 4.78 is 0. The lowest BCUT2D eigenvalue weighted by molar-refractivity contribution is 0.919. The molecule has 1 aromatic rings. The summed E-state index contributed by atoms with van der Waals surface area (Å²) in [5, 5.41) is 10.3. The first-order valence-electron chi connectivity index (χ1n) is 3.52. The molecule has 0 radical (unpaired) electrons. The normalized spacial score (nSPS) is 17.4. The molecule has 1 aliphatic carbocycles. The van der Waals surface area contributed by atoms with Crippen molar-refractivity contribution in [3.05, 3.63) is 18.0 Å². The van der Waals surface area contributed by atoms with Crippen molar-refractivity contribution in [2.24, 2.45) is 0 Å². The molecule has 0 unspecified atom stereocenters. The van der Waals surface area contributed by atoms with Gasteiger partial charge in [-0.1, -0.05) is 6.08 Å². The second-order valence-electron chi connectivity index (χ2n) is 2.48. The van der Waals surface area contributed by atoms with E-state index in [9.17, 15) is 0 Å². The highest BCUT2D eigenvalue weighted by atomic mass is 15.3. The molecule has 1 heterocycles. The van der Waals surface area contributed by atoms with E-state index in [4.69, 9.17) is 0 Å². The van der Waals surface area contributed by atoms with Crippen LogP contribution in [0, 0.1) is 0 Å². The van der Waals surface area contributed by atoms with Gasteiger partial charge in [-0.15, -0.1) is 0 Å². The number of hydrogen-bond acceptors (Lipinski definition) is 2. The number of rotatable bonds is 1. The number of aromatic nitrogens is 3. The molecule has 1 aliphatic rings.